The second-order valence-electron chi connectivity index (χ2n) is 5.95. The van der Waals surface area contributed by atoms with Crippen molar-refractivity contribution in [3.05, 3.63) is 29.8 Å². The summed E-state index contributed by atoms with van der Waals surface area (Å²) in [6, 6.07) is 7.52. The molecule has 1 aromatic rings. The maximum absolute atomic E-state index is 10.0. The topological polar surface area (TPSA) is 79.0 Å². The fourth-order valence-corrected chi connectivity index (χ4v) is 2.12. The largest absolute Gasteiger partial charge is 0.491 e. The predicted molar refractivity (Wildman–Crippen MR) is 84.2 cm³/mol. The molecule has 0 aliphatic rings. The van der Waals surface area contributed by atoms with Gasteiger partial charge in [0.25, 0.3) is 0 Å². The minimum atomic E-state index is -0.769. The highest BCUT2D eigenvalue weighted by atomic mass is 16.5. The van der Waals surface area contributed by atoms with E-state index in [1.165, 1.54) is 0 Å². The summed E-state index contributed by atoms with van der Waals surface area (Å²) < 4.78 is 5.56. The van der Waals surface area contributed by atoms with Gasteiger partial charge < -0.3 is 20.7 Å². The van der Waals surface area contributed by atoms with Crippen LogP contribution in [-0.2, 0) is 6.54 Å². The summed E-state index contributed by atoms with van der Waals surface area (Å²) >= 11 is 0. The Labute approximate surface area is 127 Å². The van der Waals surface area contributed by atoms with Crippen molar-refractivity contribution in [1.82, 2.24) is 4.90 Å². The van der Waals surface area contributed by atoms with Crippen LogP contribution in [0.3, 0.4) is 0 Å². The van der Waals surface area contributed by atoms with E-state index in [9.17, 15) is 10.2 Å². The molecule has 0 amide bonds. The van der Waals surface area contributed by atoms with Gasteiger partial charge in [0.1, 0.15) is 18.5 Å². The monoisotopic (exact) mass is 296 g/mol. The molecule has 0 aliphatic heterocycles. The molecule has 1 rings (SSSR count). The molecule has 0 aliphatic carbocycles. The van der Waals surface area contributed by atoms with E-state index in [1.807, 2.05) is 36.1 Å². The first kappa shape index (κ1) is 17.9. The zero-order chi connectivity index (χ0) is 15.9. The van der Waals surface area contributed by atoms with E-state index in [0.29, 0.717) is 19.6 Å². The normalized spacial score (nSPS) is 13.5. The second kappa shape index (κ2) is 8.34. The summed E-state index contributed by atoms with van der Waals surface area (Å²) in [5.74, 6) is 0.719. The Bertz CT molecular complexity index is 401. The highest BCUT2D eigenvalue weighted by Crippen LogP contribution is 2.12. The standard InChI is InChI=1S/C16H28N2O3/c1-4-18(12-16(2,3)20)10-14(19)11-21-15-7-5-13(9-17)6-8-15/h5-8,14,19-20H,4,9-12,17H2,1-3H3. The zero-order valence-electron chi connectivity index (χ0n) is 13.2. The molecule has 0 spiro atoms. The van der Waals surface area contributed by atoms with E-state index >= 15 is 0 Å². The van der Waals surface area contributed by atoms with Crippen LogP contribution in [0.5, 0.6) is 5.75 Å². The molecule has 1 atom stereocenters. The van der Waals surface area contributed by atoms with Crippen molar-refractivity contribution in [2.45, 2.75) is 39.0 Å². The van der Waals surface area contributed by atoms with E-state index < -0.39 is 11.7 Å². The molecule has 0 radical (unpaired) electrons. The van der Waals surface area contributed by atoms with Gasteiger partial charge in [-0.2, -0.15) is 0 Å². The van der Waals surface area contributed by atoms with Gasteiger partial charge in [0, 0.05) is 19.6 Å². The lowest BCUT2D eigenvalue weighted by atomic mass is 10.1. The molecule has 0 saturated heterocycles. The summed E-state index contributed by atoms with van der Waals surface area (Å²) in [5, 5.41) is 19.9. The lowest BCUT2D eigenvalue weighted by molar-refractivity contribution is 0.0115. The number of benzene rings is 1. The van der Waals surface area contributed by atoms with Gasteiger partial charge in [-0.1, -0.05) is 19.1 Å². The van der Waals surface area contributed by atoms with Gasteiger partial charge in [0.15, 0.2) is 0 Å². The Kier molecular flexibility index (Phi) is 7.11. The molecule has 1 unspecified atom stereocenters. The lowest BCUT2D eigenvalue weighted by Gasteiger charge is -2.29. The summed E-state index contributed by atoms with van der Waals surface area (Å²) in [6.07, 6.45) is -0.596. The smallest absolute Gasteiger partial charge is 0.119 e. The molecule has 0 heterocycles. The molecule has 120 valence electrons. The number of aliphatic hydroxyl groups excluding tert-OH is 1. The summed E-state index contributed by atoms with van der Waals surface area (Å²) in [7, 11) is 0. The predicted octanol–water partition coefficient (Wildman–Crippen LogP) is 0.978. The number of aliphatic hydroxyl groups is 2. The van der Waals surface area contributed by atoms with Crippen LogP contribution in [0, 0.1) is 0 Å². The highest BCUT2D eigenvalue weighted by Gasteiger charge is 2.19. The summed E-state index contributed by atoms with van der Waals surface area (Å²) in [4.78, 5) is 2.01. The third-order valence-electron chi connectivity index (χ3n) is 3.13. The fraction of sp³-hybridized carbons (Fsp3) is 0.625. The van der Waals surface area contributed by atoms with Crippen LogP contribution in [-0.4, -0.2) is 53.1 Å². The van der Waals surface area contributed by atoms with E-state index in [-0.39, 0.29) is 6.61 Å². The van der Waals surface area contributed by atoms with Gasteiger partial charge in [0.2, 0.25) is 0 Å². The molecule has 0 aromatic heterocycles. The van der Waals surface area contributed by atoms with Gasteiger partial charge in [-0.3, -0.25) is 4.90 Å². The molecular formula is C16H28N2O3. The number of ether oxygens (including phenoxy) is 1. The van der Waals surface area contributed by atoms with Crippen LogP contribution >= 0.6 is 0 Å². The summed E-state index contributed by atoms with van der Waals surface area (Å²) in [6.45, 7) is 8.02. The van der Waals surface area contributed by atoms with Gasteiger partial charge in [-0.05, 0) is 38.1 Å². The van der Waals surface area contributed by atoms with Crippen molar-refractivity contribution in [2.75, 3.05) is 26.2 Å². The Hall–Kier alpha value is -1.14. The molecule has 0 fully saturated rings. The van der Waals surface area contributed by atoms with E-state index in [1.54, 1.807) is 13.8 Å². The van der Waals surface area contributed by atoms with Crippen molar-refractivity contribution in [2.24, 2.45) is 5.73 Å². The first-order valence-electron chi connectivity index (χ1n) is 7.38. The van der Waals surface area contributed by atoms with Crippen molar-refractivity contribution in [3.63, 3.8) is 0 Å². The highest BCUT2D eigenvalue weighted by molar-refractivity contribution is 5.27. The molecular weight excluding hydrogens is 268 g/mol. The zero-order valence-corrected chi connectivity index (χ0v) is 13.2. The van der Waals surface area contributed by atoms with Crippen LogP contribution < -0.4 is 10.5 Å². The van der Waals surface area contributed by atoms with Crippen molar-refractivity contribution in [1.29, 1.82) is 0 Å². The number of rotatable bonds is 9. The molecule has 5 heteroatoms. The van der Waals surface area contributed by atoms with E-state index in [0.717, 1.165) is 17.9 Å². The Morgan fingerprint density at radius 3 is 2.38 bits per heavy atom. The number of likely N-dealkylation sites (N-methyl/N-ethyl adjacent to an activating group) is 1. The van der Waals surface area contributed by atoms with Crippen LogP contribution in [0.15, 0.2) is 24.3 Å². The summed E-state index contributed by atoms with van der Waals surface area (Å²) in [5.41, 5.74) is 5.81. The second-order valence-corrected chi connectivity index (χ2v) is 5.95. The average Bonchev–Trinajstić information content (AvgIpc) is 2.43. The lowest BCUT2D eigenvalue weighted by Crippen LogP contribution is -2.43. The van der Waals surface area contributed by atoms with Crippen LogP contribution in [0.2, 0.25) is 0 Å². The van der Waals surface area contributed by atoms with Crippen LogP contribution in [0.1, 0.15) is 26.3 Å². The van der Waals surface area contributed by atoms with Gasteiger partial charge in [-0.25, -0.2) is 0 Å². The fourth-order valence-electron chi connectivity index (χ4n) is 2.12. The first-order chi connectivity index (χ1) is 9.84. The number of nitrogens with two attached hydrogens (primary N) is 1. The molecule has 1 aromatic carbocycles. The third kappa shape index (κ3) is 7.43. The van der Waals surface area contributed by atoms with Gasteiger partial charge in [-0.15, -0.1) is 0 Å². The molecule has 0 bridgehead atoms. The molecule has 21 heavy (non-hydrogen) atoms. The Balaban J connectivity index is 2.39. The maximum atomic E-state index is 10.0. The minimum Gasteiger partial charge on any atom is -0.491 e. The number of hydrogen-bond donors (Lipinski definition) is 3. The van der Waals surface area contributed by atoms with E-state index in [2.05, 4.69) is 0 Å². The Morgan fingerprint density at radius 1 is 1.29 bits per heavy atom. The van der Waals surface area contributed by atoms with Gasteiger partial charge >= 0.3 is 0 Å². The van der Waals surface area contributed by atoms with Crippen molar-refractivity contribution < 1.29 is 14.9 Å². The van der Waals surface area contributed by atoms with Crippen LogP contribution in [0.4, 0.5) is 0 Å². The molecule has 4 N–H and O–H groups in total. The first-order valence-corrected chi connectivity index (χ1v) is 7.38. The quantitative estimate of drug-likeness (QED) is 0.633. The Morgan fingerprint density at radius 2 is 1.90 bits per heavy atom. The molecule has 5 nitrogen and oxygen atoms in total. The number of nitrogens with zero attached hydrogens (tertiary/aromatic N) is 1. The minimum absolute atomic E-state index is 0.227. The van der Waals surface area contributed by atoms with E-state index in [4.69, 9.17) is 10.5 Å². The maximum Gasteiger partial charge on any atom is 0.119 e. The van der Waals surface area contributed by atoms with Crippen molar-refractivity contribution >= 4 is 0 Å². The van der Waals surface area contributed by atoms with Crippen LogP contribution in [0.25, 0.3) is 0 Å². The number of hydrogen-bond acceptors (Lipinski definition) is 5. The van der Waals surface area contributed by atoms with Gasteiger partial charge in [0.05, 0.1) is 5.60 Å². The molecule has 0 saturated carbocycles. The third-order valence-corrected chi connectivity index (χ3v) is 3.13. The van der Waals surface area contributed by atoms with Crippen molar-refractivity contribution in [3.8, 4) is 5.75 Å². The SMILES string of the molecule is CCN(CC(O)COc1ccc(CN)cc1)CC(C)(C)O. The average molecular weight is 296 g/mol.